The van der Waals surface area contributed by atoms with Gasteiger partial charge in [0.2, 0.25) is 11.3 Å². The van der Waals surface area contributed by atoms with Gasteiger partial charge in [-0.3, -0.25) is 9.55 Å². The van der Waals surface area contributed by atoms with E-state index in [1.165, 1.54) is 6.20 Å². The Morgan fingerprint density at radius 3 is 2.50 bits per heavy atom. The third-order valence-corrected chi connectivity index (χ3v) is 5.11. The first-order chi connectivity index (χ1) is 12.6. The van der Waals surface area contributed by atoms with E-state index in [1.54, 1.807) is 28.4 Å². The van der Waals surface area contributed by atoms with Crippen LogP contribution in [0.25, 0.3) is 16.8 Å². The Bertz CT molecular complexity index is 822. The Morgan fingerprint density at radius 2 is 1.92 bits per heavy atom. The number of rotatable bonds is 5. The third kappa shape index (κ3) is 4.01. The Hall–Kier alpha value is -2.49. The molecule has 9 heteroatoms. The van der Waals surface area contributed by atoms with Crippen LogP contribution in [-0.2, 0) is 11.3 Å². The molecule has 2 aromatic rings. The lowest BCUT2D eigenvalue weighted by Crippen LogP contribution is -2.46. The monoisotopic (exact) mass is 374 g/mol. The quantitative estimate of drug-likeness (QED) is 0.606. The van der Waals surface area contributed by atoms with Crippen LogP contribution in [0.15, 0.2) is 47.9 Å². The Kier molecular flexibility index (Phi) is 5.82. The van der Waals surface area contributed by atoms with Gasteiger partial charge in [0.15, 0.2) is 0 Å². The molecule has 0 aliphatic carbocycles. The molecule has 138 valence electrons. The summed E-state index contributed by atoms with van der Waals surface area (Å²) in [6.07, 6.45) is 6.81. The summed E-state index contributed by atoms with van der Waals surface area (Å²) in [6.45, 7) is 2.60. The predicted octanol–water partition coefficient (Wildman–Crippen LogP) is 1.27. The smallest absolute Gasteiger partial charge is 0.234 e. The van der Waals surface area contributed by atoms with Gasteiger partial charge in [-0.1, -0.05) is 12.1 Å². The molecule has 26 heavy (non-hydrogen) atoms. The summed E-state index contributed by atoms with van der Waals surface area (Å²) in [4.78, 5) is 6.18. The van der Waals surface area contributed by atoms with E-state index in [1.807, 2.05) is 18.3 Å². The van der Waals surface area contributed by atoms with Crippen LogP contribution in [-0.4, -0.2) is 62.3 Å². The van der Waals surface area contributed by atoms with E-state index in [-0.39, 0.29) is 0 Å². The lowest BCUT2D eigenvalue weighted by Gasteiger charge is -2.33. The summed E-state index contributed by atoms with van der Waals surface area (Å²) in [5.41, 5.74) is 9.46. The largest absolute Gasteiger partial charge is 0.403 e. The number of hydrogen-bond donors (Lipinski definition) is 2. The van der Waals surface area contributed by atoms with Crippen LogP contribution in [0.2, 0.25) is 0 Å². The highest BCUT2D eigenvalue weighted by molar-refractivity contribution is 7.76. The number of piperazine rings is 1. The van der Waals surface area contributed by atoms with Gasteiger partial charge < -0.3 is 10.6 Å². The first-order valence-corrected chi connectivity index (χ1v) is 9.29. The first kappa shape index (κ1) is 18.3. The first-order valence-electron chi connectivity index (χ1n) is 8.23. The van der Waals surface area contributed by atoms with E-state index >= 15 is 0 Å². The molecule has 2 heterocycles. The van der Waals surface area contributed by atoms with E-state index in [9.17, 15) is 4.21 Å². The molecule has 1 atom stereocenters. The number of allylic oxidation sites excluding steroid dienone is 1. The summed E-state index contributed by atoms with van der Waals surface area (Å²) >= 11 is -1.88. The Labute approximate surface area is 155 Å². The van der Waals surface area contributed by atoms with Crippen molar-refractivity contribution in [2.75, 3.05) is 38.1 Å². The lowest BCUT2D eigenvalue weighted by atomic mass is 10.1. The van der Waals surface area contributed by atoms with Crippen molar-refractivity contribution in [2.45, 2.75) is 0 Å². The Morgan fingerprint density at radius 1 is 1.23 bits per heavy atom. The van der Waals surface area contributed by atoms with Crippen molar-refractivity contribution in [1.29, 1.82) is 0 Å². The van der Waals surface area contributed by atoms with Gasteiger partial charge in [0.1, 0.15) is 0 Å². The molecule has 1 aliphatic rings. The molecule has 1 unspecified atom stereocenters. The molecule has 8 nitrogen and oxygen atoms in total. The fourth-order valence-electron chi connectivity index (χ4n) is 2.89. The van der Waals surface area contributed by atoms with Crippen LogP contribution in [0.1, 0.15) is 0 Å². The summed E-state index contributed by atoms with van der Waals surface area (Å²) in [7, 11) is 1.69. The summed E-state index contributed by atoms with van der Waals surface area (Å²) < 4.78 is 23.5. The topological polar surface area (TPSA) is 100.0 Å². The van der Waals surface area contributed by atoms with Crippen LogP contribution in [0, 0.1) is 0 Å². The van der Waals surface area contributed by atoms with Crippen molar-refractivity contribution in [1.82, 2.24) is 14.1 Å². The number of nitrogens with zero attached hydrogens (tertiary/aromatic N) is 5. The number of aliphatic imine (C=N–C) groups is 1. The van der Waals surface area contributed by atoms with E-state index in [2.05, 4.69) is 27.1 Å². The molecule has 3 rings (SSSR count). The number of nitrogens with two attached hydrogens (primary N) is 1. The maximum atomic E-state index is 11.1. The number of hydrogen-bond acceptors (Lipinski definition) is 5. The molecule has 1 fully saturated rings. The van der Waals surface area contributed by atoms with Gasteiger partial charge in [-0.25, -0.2) is 8.89 Å². The number of aromatic nitrogens is 2. The van der Waals surface area contributed by atoms with Gasteiger partial charge in [0, 0.05) is 63.1 Å². The SMILES string of the molecule is CN=CC(=CN)n1cc(-c2ccc(N3CCN(S(=O)O)CC3)cc2)cn1. The molecule has 1 aliphatic heterocycles. The minimum Gasteiger partial charge on any atom is -0.403 e. The molecule has 0 saturated carbocycles. The summed E-state index contributed by atoms with van der Waals surface area (Å²) in [6, 6.07) is 8.22. The highest BCUT2D eigenvalue weighted by Gasteiger charge is 2.20. The second-order valence-electron chi connectivity index (χ2n) is 5.85. The van der Waals surface area contributed by atoms with Crippen molar-refractivity contribution >= 4 is 28.9 Å². The van der Waals surface area contributed by atoms with Crippen molar-refractivity contribution in [2.24, 2.45) is 10.7 Å². The minimum absolute atomic E-state index is 0.574. The van der Waals surface area contributed by atoms with Gasteiger partial charge >= 0.3 is 0 Å². The van der Waals surface area contributed by atoms with Crippen molar-refractivity contribution < 1.29 is 8.76 Å². The highest BCUT2D eigenvalue weighted by Crippen LogP contribution is 2.24. The van der Waals surface area contributed by atoms with Gasteiger partial charge in [0.05, 0.1) is 11.9 Å². The van der Waals surface area contributed by atoms with Gasteiger partial charge in [-0.2, -0.15) is 9.40 Å². The summed E-state index contributed by atoms with van der Waals surface area (Å²) in [5, 5.41) is 4.33. The van der Waals surface area contributed by atoms with E-state index in [0.717, 1.165) is 29.9 Å². The molecule has 1 aromatic carbocycles. The average molecular weight is 374 g/mol. The van der Waals surface area contributed by atoms with Gasteiger partial charge in [-0.15, -0.1) is 0 Å². The maximum absolute atomic E-state index is 11.1. The van der Waals surface area contributed by atoms with Crippen LogP contribution >= 0.6 is 0 Å². The molecular weight excluding hydrogens is 352 g/mol. The molecule has 0 radical (unpaired) electrons. The average Bonchev–Trinajstić information content (AvgIpc) is 3.16. The molecule has 0 amide bonds. The highest BCUT2D eigenvalue weighted by atomic mass is 32.2. The predicted molar refractivity (Wildman–Crippen MR) is 105 cm³/mol. The van der Waals surface area contributed by atoms with E-state index < -0.39 is 11.3 Å². The molecule has 1 saturated heterocycles. The standard InChI is InChI=1S/C17H22N6O2S/c1-19-12-17(10-18)23-13-15(11-20-23)14-2-4-16(5-3-14)21-6-8-22(9-7-21)26(24)25/h2-5,10-13H,6-9,18H2,1H3,(H,24,25). The molecular formula is C17H22N6O2S. The van der Waals surface area contributed by atoms with E-state index in [4.69, 9.17) is 10.3 Å². The fraction of sp³-hybridized carbons (Fsp3) is 0.294. The molecule has 0 spiro atoms. The van der Waals surface area contributed by atoms with Crippen LogP contribution < -0.4 is 10.6 Å². The molecule has 1 aromatic heterocycles. The van der Waals surface area contributed by atoms with Crippen LogP contribution in [0.5, 0.6) is 0 Å². The third-order valence-electron chi connectivity index (χ3n) is 4.30. The summed E-state index contributed by atoms with van der Waals surface area (Å²) in [5.74, 6) is 0. The molecule has 3 N–H and O–H groups in total. The zero-order chi connectivity index (χ0) is 18.5. The van der Waals surface area contributed by atoms with Crippen molar-refractivity contribution in [3.63, 3.8) is 0 Å². The van der Waals surface area contributed by atoms with Crippen molar-refractivity contribution in [3.05, 3.63) is 42.9 Å². The normalized spacial score (nSPS) is 17.8. The zero-order valence-corrected chi connectivity index (χ0v) is 15.3. The zero-order valence-electron chi connectivity index (χ0n) is 14.5. The van der Waals surface area contributed by atoms with Crippen LogP contribution in [0.3, 0.4) is 0 Å². The maximum Gasteiger partial charge on any atom is 0.234 e. The molecule has 0 bridgehead atoms. The van der Waals surface area contributed by atoms with Gasteiger partial charge in [0.25, 0.3) is 0 Å². The lowest BCUT2D eigenvalue weighted by molar-refractivity contribution is 0.373. The number of benzene rings is 1. The second-order valence-corrected chi connectivity index (χ2v) is 6.82. The minimum atomic E-state index is -1.88. The Balaban J connectivity index is 1.71. The van der Waals surface area contributed by atoms with Gasteiger partial charge in [-0.05, 0) is 17.7 Å². The van der Waals surface area contributed by atoms with Crippen molar-refractivity contribution in [3.8, 4) is 11.1 Å². The fourth-order valence-corrected chi connectivity index (χ4v) is 3.37. The van der Waals surface area contributed by atoms with E-state index in [0.29, 0.717) is 18.8 Å². The van der Waals surface area contributed by atoms with Crippen LogP contribution in [0.4, 0.5) is 5.69 Å². The second kappa shape index (κ2) is 8.26. The number of anilines is 1.